The molecule has 1 fully saturated rings. The van der Waals surface area contributed by atoms with E-state index in [-0.39, 0.29) is 10.8 Å². The van der Waals surface area contributed by atoms with E-state index in [4.69, 9.17) is 0 Å². The number of aliphatic carboxylic acids is 1. The Morgan fingerprint density at radius 1 is 0.864 bits per heavy atom. The number of benzene rings is 1. The Labute approximate surface area is 134 Å². The van der Waals surface area contributed by atoms with Crippen molar-refractivity contribution in [3.63, 3.8) is 0 Å². The van der Waals surface area contributed by atoms with E-state index in [1.807, 2.05) is 6.42 Å². The Hall–Kier alpha value is -1.31. The van der Waals surface area contributed by atoms with Gasteiger partial charge in [-0.25, -0.2) is 0 Å². The molecule has 1 saturated carbocycles. The maximum absolute atomic E-state index is 11.4. The van der Waals surface area contributed by atoms with E-state index in [1.54, 1.807) is 12.8 Å². The monoisotopic (exact) mass is 297 g/mol. The van der Waals surface area contributed by atoms with Gasteiger partial charge in [0.15, 0.2) is 0 Å². The molecule has 5 radical (unpaired) electrons. The van der Waals surface area contributed by atoms with Crippen molar-refractivity contribution in [2.45, 2.75) is 52.4 Å². The predicted octanol–water partition coefficient (Wildman–Crippen LogP) is 4.49. The van der Waals surface area contributed by atoms with E-state index < -0.39 is 5.97 Å². The lowest BCUT2D eigenvalue weighted by molar-refractivity contribution is -0.134. The molecule has 1 N–H and O–H groups in total. The molecule has 1 aliphatic rings. The molecule has 2 nitrogen and oxygen atoms in total. The number of rotatable bonds is 2. The van der Waals surface area contributed by atoms with Crippen molar-refractivity contribution in [2.24, 2.45) is 0 Å². The van der Waals surface area contributed by atoms with Crippen molar-refractivity contribution < 1.29 is 9.90 Å². The molecule has 2 rings (SSSR count). The first kappa shape index (κ1) is 17.1. The first-order valence-electron chi connectivity index (χ1n) is 7.65. The lowest BCUT2D eigenvalue weighted by Crippen LogP contribution is -2.20. The van der Waals surface area contributed by atoms with Crippen molar-refractivity contribution in [3.8, 4) is 0 Å². The molecule has 0 heterocycles. The third kappa shape index (κ3) is 3.53. The number of hydrogen-bond donors (Lipinski definition) is 1. The molecule has 0 atom stereocenters. The third-order valence-corrected chi connectivity index (χ3v) is 4.02. The van der Waals surface area contributed by atoms with Gasteiger partial charge < -0.3 is 5.11 Å². The molecule has 1 aliphatic carbocycles. The standard InChI is InChI=1S/C20H25O2/c1-19(2,3)14-10-13(11-15(12-14)20(4,5)6)16-8-7-9-17(16)18(21)22/h7-12H,1-6H3,(H,21,22). The van der Waals surface area contributed by atoms with Gasteiger partial charge in [0.2, 0.25) is 0 Å². The first-order valence-corrected chi connectivity index (χ1v) is 7.65. The van der Waals surface area contributed by atoms with Gasteiger partial charge in [-0.3, -0.25) is 4.79 Å². The van der Waals surface area contributed by atoms with E-state index in [9.17, 15) is 9.90 Å². The molecule has 0 aliphatic heterocycles. The fourth-order valence-corrected chi connectivity index (χ4v) is 2.51. The number of hydrogen-bond acceptors (Lipinski definition) is 1. The first-order chi connectivity index (χ1) is 10.00. The zero-order valence-electron chi connectivity index (χ0n) is 14.3. The van der Waals surface area contributed by atoms with Crippen LogP contribution in [-0.2, 0) is 15.6 Å². The Bertz CT molecular complexity index is 526. The van der Waals surface area contributed by atoms with Crippen molar-refractivity contribution in [2.75, 3.05) is 0 Å². The molecular formula is C20H25O2. The van der Waals surface area contributed by atoms with E-state index in [1.165, 1.54) is 11.1 Å². The maximum atomic E-state index is 11.4. The van der Waals surface area contributed by atoms with Crippen LogP contribution in [-0.4, -0.2) is 11.1 Å². The molecule has 0 aromatic heterocycles. The molecule has 117 valence electrons. The van der Waals surface area contributed by atoms with Crippen LogP contribution in [0.1, 0.15) is 58.2 Å². The minimum Gasteiger partial charge on any atom is -0.481 e. The minimum atomic E-state index is -0.876. The SMILES string of the molecule is CC(C)(C)c1cc([C]2[CH][CH][CH][C]2C(=O)O)cc(C(C)(C)C)c1. The van der Waals surface area contributed by atoms with E-state index >= 15 is 0 Å². The molecule has 0 spiro atoms. The highest BCUT2D eigenvalue weighted by Gasteiger charge is 2.37. The van der Waals surface area contributed by atoms with Crippen molar-refractivity contribution in [3.05, 3.63) is 66.0 Å². The fourth-order valence-electron chi connectivity index (χ4n) is 2.51. The van der Waals surface area contributed by atoms with Gasteiger partial charge in [0, 0.05) is 5.92 Å². The quantitative estimate of drug-likeness (QED) is 0.873. The van der Waals surface area contributed by atoms with Gasteiger partial charge in [0.1, 0.15) is 0 Å². The summed E-state index contributed by atoms with van der Waals surface area (Å²) in [7, 11) is 0. The number of carbonyl (C=O) groups is 1. The van der Waals surface area contributed by atoms with Crippen LogP contribution in [0.2, 0.25) is 0 Å². The second-order valence-corrected chi connectivity index (χ2v) is 7.96. The zero-order chi connectivity index (χ0) is 16.7. The van der Waals surface area contributed by atoms with Crippen LogP contribution in [0, 0.1) is 31.1 Å². The molecule has 0 amide bonds. The Morgan fingerprint density at radius 2 is 1.36 bits per heavy atom. The fraction of sp³-hybridized carbons (Fsp3) is 0.400. The molecule has 1 aromatic carbocycles. The Balaban J connectivity index is 2.53. The van der Waals surface area contributed by atoms with Gasteiger partial charge in [-0.05, 0) is 46.8 Å². The van der Waals surface area contributed by atoms with Gasteiger partial charge in [-0.2, -0.15) is 0 Å². The summed E-state index contributed by atoms with van der Waals surface area (Å²) in [6.45, 7) is 13.1. The summed E-state index contributed by atoms with van der Waals surface area (Å²) < 4.78 is 0. The van der Waals surface area contributed by atoms with Crippen LogP contribution in [0.5, 0.6) is 0 Å². The van der Waals surface area contributed by atoms with Gasteiger partial charge >= 0.3 is 5.97 Å². The van der Waals surface area contributed by atoms with Crippen molar-refractivity contribution >= 4 is 5.97 Å². The largest absolute Gasteiger partial charge is 0.481 e. The van der Waals surface area contributed by atoms with Crippen LogP contribution in [0.15, 0.2) is 18.2 Å². The Kier molecular flexibility index (Phi) is 4.43. The van der Waals surface area contributed by atoms with Gasteiger partial charge in [-0.15, -0.1) is 0 Å². The van der Waals surface area contributed by atoms with Crippen LogP contribution in [0.3, 0.4) is 0 Å². The zero-order valence-corrected chi connectivity index (χ0v) is 14.3. The molecule has 0 unspecified atom stereocenters. The minimum absolute atomic E-state index is 0.0198. The number of carboxylic acid groups (broad SMARTS) is 1. The van der Waals surface area contributed by atoms with E-state index in [0.29, 0.717) is 5.92 Å². The van der Waals surface area contributed by atoms with Crippen LogP contribution in [0.25, 0.3) is 0 Å². The Morgan fingerprint density at radius 3 is 1.77 bits per heavy atom. The summed E-state index contributed by atoms with van der Waals surface area (Å²) in [6.07, 6.45) is 5.36. The highest BCUT2D eigenvalue weighted by atomic mass is 16.4. The van der Waals surface area contributed by atoms with Crippen LogP contribution >= 0.6 is 0 Å². The number of carboxylic acids is 1. The van der Waals surface area contributed by atoms with E-state index in [2.05, 4.69) is 59.7 Å². The molecule has 0 bridgehead atoms. The molecule has 1 aromatic rings. The normalized spacial score (nSPS) is 17.9. The molecular weight excluding hydrogens is 272 g/mol. The predicted molar refractivity (Wildman–Crippen MR) is 90.0 cm³/mol. The summed E-state index contributed by atoms with van der Waals surface area (Å²) >= 11 is 0. The highest BCUT2D eigenvalue weighted by Crippen LogP contribution is 2.41. The summed E-state index contributed by atoms with van der Waals surface area (Å²) in [5.41, 5.74) is 3.48. The maximum Gasteiger partial charge on any atom is 0.312 e. The summed E-state index contributed by atoms with van der Waals surface area (Å²) in [5, 5.41) is 9.37. The summed E-state index contributed by atoms with van der Waals surface area (Å²) in [5.74, 6) is 0.286. The topological polar surface area (TPSA) is 37.3 Å². The van der Waals surface area contributed by atoms with E-state index in [0.717, 1.165) is 11.5 Å². The highest BCUT2D eigenvalue weighted by molar-refractivity contribution is 5.93. The molecule has 0 saturated heterocycles. The lowest BCUT2D eigenvalue weighted by Gasteiger charge is -2.28. The van der Waals surface area contributed by atoms with Crippen molar-refractivity contribution in [1.29, 1.82) is 0 Å². The second-order valence-electron chi connectivity index (χ2n) is 7.96. The van der Waals surface area contributed by atoms with Gasteiger partial charge in [0.25, 0.3) is 0 Å². The summed E-state index contributed by atoms with van der Waals surface area (Å²) in [4.78, 5) is 11.4. The van der Waals surface area contributed by atoms with Gasteiger partial charge in [0.05, 0.1) is 5.92 Å². The third-order valence-electron chi connectivity index (χ3n) is 4.02. The van der Waals surface area contributed by atoms with Crippen LogP contribution < -0.4 is 0 Å². The van der Waals surface area contributed by atoms with Gasteiger partial charge in [-0.1, -0.05) is 59.7 Å². The average molecular weight is 297 g/mol. The van der Waals surface area contributed by atoms with Crippen LogP contribution in [0.4, 0.5) is 0 Å². The average Bonchev–Trinajstić information content (AvgIpc) is 2.85. The van der Waals surface area contributed by atoms with Crippen molar-refractivity contribution in [1.82, 2.24) is 0 Å². The summed E-state index contributed by atoms with van der Waals surface area (Å²) in [6, 6.07) is 6.49. The smallest absolute Gasteiger partial charge is 0.312 e. The lowest BCUT2D eigenvalue weighted by atomic mass is 9.77. The molecule has 22 heavy (non-hydrogen) atoms. The molecule has 2 heteroatoms. The second kappa shape index (κ2) is 5.72.